The second-order valence-electron chi connectivity index (χ2n) is 6.10. The molecule has 6 heteroatoms. The predicted molar refractivity (Wildman–Crippen MR) is 105 cm³/mol. The number of hydrogen-bond donors (Lipinski definition) is 1. The minimum atomic E-state index is -0.453. The molecule has 0 saturated heterocycles. The second kappa shape index (κ2) is 7.00. The number of aryl methyl sites for hydroxylation is 1. The summed E-state index contributed by atoms with van der Waals surface area (Å²) in [6.45, 7) is 2.03. The number of hydrogen-bond acceptors (Lipinski definition) is 2. The molecule has 2 aromatic carbocycles. The predicted octanol–water partition coefficient (Wildman–Crippen LogP) is 6.24. The van der Waals surface area contributed by atoms with Gasteiger partial charge in [0, 0.05) is 11.4 Å². The molecule has 0 saturated carbocycles. The minimum Gasteiger partial charge on any atom is -0.339 e. The van der Waals surface area contributed by atoms with Crippen molar-refractivity contribution in [2.24, 2.45) is 0 Å². The highest BCUT2D eigenvalue weighted by Crippen LogP contribution is 2.37. The van der Waals surface area contributed by atoms with Gasteiger partial charge in [0.25, 0.3) is 0 Å². The molecule has 0 unspecified atom stereocenters. The fraction of sp³-hybridized carbons (Fsp3) is 0.0952. The van der Waals surface area contributed by atoms with Gasteiger partial charge < -0.3 is 5.32 Å². The Morgan fingerprint density at radius 3 is 2.44 bits per heavy atom. The van der Waals surface area contributed by atoms with Crippen molar-refractivity contribution in [3.05, 3.63) is 83.0 Å². The molecular formula is C21H16ClF2N3. The second-order valence-corrected chi connectivity index (χ2v) is 6.51. The zero-order chi connectivity index (χ0) is 19.0. The third-order valence-electron chi connectivity index (χ3n) is 4.39. The third-order valence-corrected chi connectivity index (χ3v) is 4.71. The molecule has 0 bridgehead atoms. The van der Waals surface area contributed by atoms with E-state index in [1.165, 1.54) is 18.2 Å². The number of nitrogens with zero attached hydrogens (tertiary/aromatic N) is 2. The summed E-state index contributed by atoms with van der Waals surface area (Å²) in [4.78, 5) is 4.63. The standard InChI is InChI=1S/C21H16ClF2N3/c1-2-15-5-3-8-18-26-20(19-16(22)6-4-7-17(19)24)21(27(15)18)25-14-11-9-13(23)10-12-14/h3-12,25H,2H2,1H3. The van der Waals surface area contributed by atoms with Gasteiger partial charge in [0.2, 0.25) is 0 Å². The molecule has 1 N–H and O–H groups in total. The summed E-state index contributed by atoms with van der Waals surface area (Å²) in [5.41, 5.74) is 2.98. The summed E-state index contributed by atoms with van der Waals surface area (Å²) in [6, 6.07) is 16.3. The Morgan fingerprint density at radius 2 is 1.74 bits per heavy atom. The monoisotopic (exact) mass is 383 g/mol. The lowest BCUT2D eigenvalue weighted by Gasteiger charge is -2.12. The van der Waals surface area contributed by atoms with Crippen LogP contribution in [-0.2, 0) is 6.42 Å². The quantitative estimate of drug-likeness (QED) is 0.452. The number of anilines is 2. The summed E-state index contributed by atoms with van der Waals surface area (Å²) in [6.07, 6.45) is 0.760. The molecule has 4 aromatic rings. The Morgan fingerprint density at radius 1 is 1.00 bits per heavy atom. The zero-order valence-electron chi connectivity index (χ0n) is 14.5. The van der Waals surface area contributed by atoms with Crippen LogP contribution in [0.2, 0.25) is 5.02 Å². The maximum absolute atomic E-state index is 14.6. The lowest BCUT2D eigenvalue weighted by atomic mass is 10.1. The zero-order valence-corrected chi connectivity index (χ0v) is 15.3. The molecule has 27 heavy (non-hydrogen) atoms. The van der Waals surface area contributed by atoms with Gasteiger partial charge >= 0.3 is 0 Å². The Balaban J connectivity index is 1.99. The van der Waals surface area contributed by atoms with Gasteiger partial charge in [-0.1, -0.05) is 30.7 Å². The van der Waals surface area contributed by atoms with E-state index in [-0.39, 0.29) is 16.4 Å². The van der Waals surface area contributed by atoms with E-state index in [9.17, 15) is 8.78 Å². The lowest BCUT2D eigenvalue weighted by molar-refractivity contribution is 0.628. The van der Waals surface area contributed by atoms with Crippen molar-refractivity contribution in [3.8, 4) is 11.3 Å². The van der Waals surface area contributed by atoms with Crippen LogP contribution in [0.3, 0.4) is 0 Å². The van der Waals surface area contributed by atoms with E-state index >= 15 is 0 Å². The molecule has 4 rings (SSSR count). The van der Waals surface area contributed by atoms with Gasteiger partial charge in [0.05, 0.1) is 10.6 Å². The van der Waals surface area contributed by atoms with Crippen LogP contribution in [0.1, 0.15) is 12.6 Å². The number of aromatic nitrogens is 2. The van der Waals surface area contributed by atoms with Crippen LogP contribution in [0.15, 0.2) is 60.7 Å². The minimum absolute atomic E-state index is 0.231. The number of rotatable bonds is 4. The first kappa shape index (κ1) is 17.5. The van der Waals surface area contributed by atoms with Crippen molar-refractivity contribution in [2.75, 3.05) is 5.32 Å². The van der Waals surface area contributed by atoms with Crippen molar-refractivity contribution in [2.45, 2.75) is 13.3 Å². The van der Waals surface area contributed by atoms with Crippen molar-refractivity contribution >= 4 is 28.8 Å². The Bertz CT molecular complexity index is 1100. The Labute approximate surface area is 160 Å². The normalized spacial score (nSPS) is 11.1. The van der Waals surface area contributed by atoms with E-state index < -0.39 is 5.82 Å². The molecule has 0 aliphatic heterocycles. The molecule has 3 nitrogen and oxygen atoms in total. The molecular weight excluding hydrogens is 368 g/mol. The molecule has 0 atom stereocenters. The summed E-state index contributed by atoms with van der Waals surface area (Å²) in [5.74, 6) is -0.197. The van der Waals surface area contributed by atoms with Crippen molar-refractivity contribution in [1.29, 1.82) is 0 Å². The van der Waals surface area contributed by atoms with Gasteiger partial charge in [-0.2, -0.15) is 0 Å². The average molecular weight is 384 g/mol. The number of pyridine rings is 1. The van der Waals surface area contributed by atoms with Crippen LogP contribution in [0.5, 0.6) is 0 Å². The van der Waals surface area contributed by atoms with Crippen molar-refractivity contribution in [1.82, 2.24) is 9.38 Å². The molecule has 0 aliphatic carbocycles. The molecule has 136 valence electrons. The Hall–Kier alpha value is -2.92. The highest BCUT2D eigenvalue weighted by atomic mass is 35.5. The molecule has 2 aromatic heterocycles. The van der Waals surface area contributed by atoms with Crippen LogP contribution in [0.25, 0.3) is 16.9 Å². The first-order valence-electron chi connectivity index (χ1n) is 8.56. The van der Waals surface area contributed by atoms with Crippen LogP contribution in [0.4, 0.5) is 20.3 Å². The van der Waals surface area contributed by atoms with Gasteiger partial charge in [-0.3, -0.25) is 4.40 Å². The first-order chi connectivity index (χ1) is 13.1. The number of nitrogens with one attached hydrogen (secondary N) is 1. The maximum Gasteiger partial charge on any atom is 0.143 e. The van der Waals surface area contributed by atoms with E-state index in [2.05, 4.69) is 10.3 Å². The number of imidazole rings is 1. The van der Waals surface area contributed by atoms with E-state index in [1.807, 2.05) is 29.5 Å². The van der Waals surface area contributed by atoms with Crippen molar-refractivity contribution < 1.29 is 8.78 Å². The van der Waals surface area contributed by atoms with E-state index in [0.29, 0.717) is 22.8 Å². The third kappa shape index (κ3) is 3.15. The summed E-state index contributed by atoms with van der Waals surface area (Å²) < 4.78 is 29.8. The number of fused-ring (bicyclic) bond motifs is 1. The lowest BCUT2D eigenvalue weighted by Crippen LogP contribution is -2.02. The first-order valence-corrected chi connectivity index (χ1v) is 8.93. The molecule has 2 heterocycles. The fourth-order valence-corrected chi connectivity index (χ4v) is 3.37. The van der Waals surface area contributed by atoms with Crippen molar-refractivity contribution in [3.63, 3.8) is 0 Å². The number of benzene rings is 2. The summed E-state index contributed by atoms with van der Waals surface area (Å²) >= 11 is 6.29. The molecule has 0 spiro atoms. The van der Waals surface area contributed by atoms with Gasteiger partial charge in [-0.15, -0.1) is 0 Å². The van der Waals surface area contributed by atoms with Crippen LogP contribution >= 0.6 is 11.6 Å². The SMILES string of the molecule is CCc1cccc2nc(-c3c(F)cccc3Cl)c(Nc3ccc(F)cc3)n12. The topological polar surface area (TPSA) is 29.3 Å². The maximum atomic E-state index is 14.6. The van der Waals surface area contributed by atoms with Crippen LogP contribution in [-0.4, -0.2) is 9.38 Å². The highest BCUT2D eigenvalue weighted by Gasteiger charge is 2.21. The summed E-state index contributed by atoms with van der Waals surface area (Å²) in [5, 5.41) is 3.54. The Kier molecular flexibility index (Phi) is 4.54. The highest BCUT2D eigenvalue weighted by molar-refractivity contribution is 6.33. The van der Waals surface area contributed by atoms with Crippen LogP contribution in [0, 0.1) is 11.6 Å². The molecule has 0 aliphatic rings. The van der Waals surface area contributed by atoms with Crippen LogP contribution < -0.4 is 5.32 Å². The van der Waals surface area contributed by atoms with E-state index in [0.717, 1.165) is 12.1 Å². The van der Waals surface area contributed by atoms with E-state index in [4.69, 9.17) is 11.6 Å². The number of halogens is 3. The van der Waals surface area contributed by atoms with Gasteiger partial charge in [0.1, 0.15) is 28.8 Å². The summed E-state index contributed by atoms with van der Waals surface area (Å²) in [7, 11) is 0. The van der Waals surface area contributed by atoms with E-state index in [1.54, 1.807) is 24.3 Å². The molecule has 0 fully saturated rings. The van der Waals surface area contributed by atoms with Gasteiger partial charge in [-0.25, -0.2) is 13.8 Å². The fourth-order valence-electron chi connectivity index (χ4n) is 3.12. The smallest absolute Gasteiger partial charge is 0.143 e. The van der Waals surface area contributed by atoms with Gasteiger partial charge in [0.15, 0.2) is 0 Å². The average Bonchev–Trinajstić information content (AvgIpc) is 3.01. The molecule has 0 amide bonds. The molecule has 0 radical (unpaired) electrons. The van der Waals surface area contributed by atoms with Gasteiger partial charge in [-0.05, 0) is 55.0 Å². The largest absolute Gasteiger partial charge is 0.339 e.